The molecule has 1 heterocycles. The van der Waals surface area contributed by atoms with Gasteiger partial charge in [0.1, 0.15) is 11.6 Å². The number of carbonyl (C=O) groups excluding carboxylic acids is 1. The van der Waals surface area contributed by atoms with Gasteiger partial charge in [-0.15, -0.1) is 0 Å². The van der Waals surface area contributed by atoms with Crippen molar-refractivity contribution in [2.45, 2.75) is 6.92 Å². The minimum absolute atomic E-state index is 0.220. The lowest BCUT2D eigenvalue weighted by molar-refractivity contribution is -0.123. The van der Waals surface area contributed by atoms with E-state index in [2.05, 4.69) is 15.7 Å². The van der Waals surface area contributed by atoms with E-state index in [4.69, 9.17) is 32.5 Å². The fraction of sp³-hybridized carbons (Fsp3) is 0.105. The van der Waals surface area contributed by atoms with E-state index in [1.807, 2.05) is 0 Å². The summed E-state index contributed by atoms with van der Waals surface area (Å²) >= 11 is 12.2. The van der Waals surface area contributed by atoms with Gasteiger partial charge in [0.15, 0.2) is 12.4 Å². The maximum Gasteiger partial charge on any atom is 0.277 e. The van der Waals surface area contributed by atoms with Gasteiger partial charge in [-0.05, 0) is 36.8 Å². The number of rotatable bonds is 6. The van der Waals surface area contributed by atoms with E-state index >= 15 is 0 Å². The Balaban J connectivity index is 1.68. The van der Waals surface area contributed by atoms with Crippen molar-refractivity contribution in [3.8, 4) is 17.1 Å². The number of nitrogens with one attached hydrogen (secondary N) is 1. The second-order valence-corrected chi connectivity index (χ2v) is 6.51. The Morgan fingerprint density at radius 3 is 2.68 bits per heavy atom. The summed E-state index contributed by atoms with van der Waals surface area (Å²) in [4.78, 5) is 12.1. The molecule has 0 fully saturated rings. The van der Waals surface area contributed by atoms with Crippen molar-refractivity contribution in [3.05, 3.63) is 70.1 Å². The van der Waals surface area contributed by atoms with Crippen LogP contribution in [-0.2, 0) is 4.79 Å². The molecule has 144 valence electrons. The highest BCUT2D eigenvalue weighted by molar-refractivity contribution is 6.36. The van der Waals surface area contributed by atoms with Crippen molar-refractivity contribution >= 4 is 34.8 Å². The average Bonchev–Trinajstić information content (AvgIpc) is 3.20. The van der Waals surface area contributed by atoms with Gasteiger partial charge in [0, 0.05) is 11.1 Å². The van der Waals surface area contributed by atoms with Crippen LogP contribution in [0.25, 0.3) is 11.3 Å². The summed E-state index contributed by atoms with van der Waals surface area (Å²) in [5.41, 5.74) is 4.03. The third-order valence-electron chi connectivity index (χ3n) is 3.67. The van der Waals surface area contributed by atoms with Crippen LogP contribution in [0.15, 0.2) is 58.3 Å². The zero-order valence-electron chi connectivity index (χ0n) is 14.6. The number of aromatic nitrogens is 1. The molecular weight excluding hydrogens is 408 g/mol. The first kappa shape index (κ1) is 19.9. The molecular formula is C19H14Cl2FN3O3. The fourth-order valence-corrected chi connectivity index (χ4v) is 2.86. The number of nitrogens with zero attached hydrogens (tertiary/aromatic N) is 2. The minimum atomic E-state index is -0.504. The maximum atomic E-state index is 13.0. The molecule has 0 aliphatic heterocycles. The van der Waals surface area contributed by atoms with E-state index in [1.54, 1.807) is 31.2 Å². The fourth-order valence-electron chi connectivity index (χ4n) is 2.32. The zero-order chi connectivity index (χ0) is 20.1. The van der Waals surface area contributed by atoms with Gasteiger partial charge in [-0.25, -0.2) is 9.82 Å². The van der Waals surface area contributed by atoms with Crippen LogP contribution >= 0.6 is 23.2 Å². The predicted molar refractivity (Wildman–Crippen MR) is 104 cm³/mol. The molecule has 6 nitrogen and oxygen atoms in total. The SMILES string of the molecule is C/C(=N/NC(=O)COc1c(Cl)cc(Cl)cc1-c1ccno1)c1ccc(F)cc1. The molecule has 2 aromatic carbocycles. The summed E-state index contributed by atoms with van der Waals surface area (Å²) in [6.45, 7) is 1.34. The molecule has 0 saturated carbocycles. The number of carbonyl (C=O) groups is 1. The Hall–Kier alpha value is -2.90. The molecule has 0 aliphatic carbocycles. The summed E-state index contributed by atoms with van der Waals surface area (Å²) in [7, 11) is 0. The first-order valence-electron chi connectivity index (χ1n) is 8.06. The molecule has 0 saturated heterocycles. The van der Waals surface area contributed by atoms with E-state index in [0.717, 1.165) is 0 Å². The van der Waals surface area contributed by atoms with Gasteiger partial charge in [-0.3, -0.25) is 4.79 Å². The van der Waals surface area contributed by atoms with Crippen molar-refractivity contribution < 1.29 is 18.4 Å². The van der Waals surface area contributed by atoms with Gasteiger partial charge in [0.2, 0.25) is 0 Å². The number of benzene rings is 2. The Morgan fingerprint density at radius 1 is 1.25 bits per heavy atom. The van der Waals surface area contributed by atoms with Crippen molar-refractivity contribution in [1.29, 1.82) is 0 Å². The lowest BCUT2D eigenvalue weighted by Crippen LogP contribution is -2.25. The highest BCUT2D eigenvalue weighted by atomic mass is 35.5. The van der Waals surface area contributed by atoms with Crippen molar-refractivity contribution in [2.24, 2.45) is 5.10 Å². The summed E-state index contributed by atoms with van der Waals surface area (Å²) in [5, 5.41) is 8.22. The Morgan fingerprint density at radius 2 is 2.00 bits per heavy atom. The molecule has 0 unspecified atom stereocenters. The van der Waals surface area contributed by atoms with Crippen LogP contribution in [0.4, 0.5) is 4.39 Å². The molecule has 1 amide bonds. The van der Waals surface area contributed by atoms with E-state index in [0.29, 0.717) is 27.6 Å². The van der Waals surface area contributed by atoms with Crippen molar-refractivity contribution in [3.63, 3.8) is 0 Å². The van der Waals surface area contributed by atoms with Gasteiger partial charge in [-0.1, -0.05) is 40.5 Å². The number of hydrogen-bond acceptors (Lipinski definition) is 5. The molecule has 0 radical (unpaired) electrons. The smallest absolute Gasteiger partial charge is 0.277 e. The lowest BCUT2D eigenvalue weighted by Gasteiger charge is -2.11. The largest absolute Gasteiger partial charge is 0.481 e. The third kappa shape index (κ3) is 4.88. The zero-order valence-corrected chi connectivity index (χ0v) is 16.1. The molecule has 1 aromatic heterocycles. The molecule has 3 aromatic rings. The minimum Gasteiger partial charge on any atom is -0.481 e. The number of amides is 1. The number of halogens is 3. The predicted octanol–water partition coefficient (Wildman–Crippen LogP) is 4.71. The standard InChI is InChI=1S/C19H14Cl2FN3O3/c1-11(12-2-4-14(22)5-3-12)24-25-18(26)10-27-19-15(17-6-7-23-28-17)8-13(20)9-16(19)21/h2-9H,10H2,1H3,(H,25,26)/b24-11-. The normalized spacial score (nSPS) is 11.4. The molecule has 3 rings (SSSR count). The van der Waals surface area contributed by atoms with Gasteiger partial charge in [0.25, 0.3) is 5.91 Å². The average molecular weight is 422 g/mol. The first-order chi connectivity index (χ1) is 13.4. The van der Waals surface area contributed by atoms with E-state index in [-0.39, 0.29) is 23.2 Å². The van der Waals surface area contributed by atoms with Crippen molar-refractivity contribution in [2.75, 3.05) is 6.61 Å². The summed E-state index contributed by atoms with van der Waals surface area (Å²) in [5.74, 6) is -0.227. The van der Waals surface area contributed by atoms with Crippen LogP contribution in [0, 0.1) is 5.82 Å². The third-order valence-corrected chi connectivity index (χ3v) is 4.17. The van der Waals surface area contributed by atoms with Crippen LogP contribution in [-0.4, -0.2) is 23.4 Å². The molecule has 1 N–H and O–H groups in total. The van der Waals surface area contributed by atoms with Gasteiger partial charge in [0.05, 0.1) is 22.5 Å². The summed E-state index contributed by atoms with van der Waals surface area (Å²) < 4.78 is 23.6. The van der Waals surface area contributed by atoms with E-state index in [9.17, 15) is 9.18 Å². The molecule has 28 heavy (non-hydrogen) atoms. The Bertz CT molecular complexity index is 1010. The summed E-state index contributed by atoms with van der Waals surface area (Å²) in [6, 6.07) is 10.5. The Labute approximate surface area is 169 Å². The monoisotopic (exact) mass is 421 g/mol. The van der Waals surface area contributed by atoms with Crippen molar-refractivity contribution in [1.82, 2.24) is 10.6 Å². The number of hydrazone groups is 1. The van der Waals surface area contributed by atoms with Crippen LogP contribution in [0.1, 0.15) is 12.5 Å². The highest BCUT2D eigenvalue weighted by Gasteiger charge is 2.16. The molecule has 0 atom stereocenters. The molecule has 9 heteroatoms. The molecule has 0 aliphatic rings. The van der Waals surface area contributed by atoms with Gasteiger partial charge >= 0.3 is 0 Å². The highest BCUT2D eigenvalue weighted by Crippen LogP contribution is 2.38. The van der Waals surface area contributed by atoms with E-state index < -0.39 is 5.91 Å². The lowest BCUT2D eigenvalue weighted by atomic mass is 10.1. The molecule has 0 bridgehead atoms. The van der Waals surface area contributed by atoms with Crippen LogP contribution < -0.4 is 10.2 Å². The van der Waals surface area contributed by atoms with Crippen LogP contribution in [0.2, 0.25) is 10.0 Å². The second-order valence-electron chi connectivity index (χ2n) is 5.67. The van der Waals surface area contributed by atoms with Gasteiger partial charge < -0.3 is 9.26 Å². The number of ether oxygens (including phenoxy) is 1. The van der Waals surface area contributed by atoms with Crippen LogP contribution in [0.3, 0.4) is 0 Å². The number of hydrogen-bond donors (Lipinski definition) is 1. The Kier molecular flexibility index (Phi) is 6.28. The topological polar surface area (TPSA) is 76.7 Å². The second kappa shape index (κ2) is 8.86. The van der Waals surface area contributed by atoms with Gasteiger partial charge in [-0.2, -0.15) is 5.10 Å². The summed E-state index contributed by atoms with van der Waals surface area (Å²) in [6.07, 6.45) is 1.47. The first-order valence-corrected chi connectivity index (χ1v) is 8.81. The maximum absolute atomic E-state index is 13.0. The quantitative estimate of drug-likeness (QED) is 0.461. The van der Waals surface area contributed by atoms with Crippen LogP contribution in [0.5, 0.6) is 5.75 Å². The van der Waals surface area contributed by atoms with E-state index in [1.165, 1.54) is 24.4 Å². The molecule has 0 spiro atoms.